The molecule has 0 aliphatic carbocycles. The van der Waals surface area contributed by atoms with Crippen molar-refractivity contribution in [2.75, 3.05) is 0 Å². The molecule has 3 rings (SSSR count). The lowest BCUT2D eigenvalue weighted by Gasteiger charge is -2.14. The minimum atomic E-state index is 0.109. The number of pyridine rings is 1. The number of hydrogen-bond donors (Lipinski definition) is 0. The maximum Gasteiger partial charge on any atom is 0.243 e. The average molecular weight is 288 g/mol. The molecule has 102 valence electrons. The highest BCUT2D eigenvalue weighted by Gasteiger charge is 2.13. The molecule has 2 aromatic heterocycles. The van der Waals surface area contributed by atoms with Gasteiger partial charge < -0.3 is 4.74 Å². The van der Waals surface area contributed by atoms with Crippen molar-refractivity contribution in [2.24, 2.45) is 0 Å². The van der Waals surface area contributed by atoms with Crippen molar-refractivity contribution < 1.29 is 4.74 Å². The summed E-state index contributed by atoms with van der Waals surface area (Å²) in [4.78, 5) is 4.27. The fraction of sp³-hybridized carbons (Fsp3) is 0.200. The smallest absolute Gasteiger partial charge is 0.243 e. The molecule has 2 heterocycles. The Labute approximate surface area is 122 Å². The first kappa shape index (κ1) is 12.9. The predicted molar refractivity (Wildman–Crippen MR) is 79.2 cm³/mol. The third kappa shape index (κ3) is 2.34. The van der Waals surface area contributed by atoms with Gasteiger partial charge in [0.05, 0.1) is 6.10 Å². The Balaban J connectivity index is 2.20. The summed E-state index contributed by atoms with van der Waals surface area (Å²) in [5.74, 6) is 0.828. The molecule has 0 spiro atoms. The van der Waals surface area contributed by atoms with Crippen molar-refractivity contribution >= 4 is 17.2 Å². The van der Waals surface area contributed by atoms with Crippen LogP contribution in [0.15, 0.2) is 42.6 Å². The van der Waals surface area contributed by atoms with Crippen LogP contribution in [0.1, 0.15) is 13.8 Å². The van der Waals surface area contributed by atoms with E-state index in [4.69, 9.17) is 16.3 Å². The molecule has 0 radical (unpaired) electrons. The van der Waals surface area contributed by atoms with E-state index < -0.39 is 0 Å². The monoisotopic (exact) mass is 287 g/mol. The van der Waals surface area contributed by atoms with Crippen LogP contribution in [0.25, 0.3) is 16.8 Å². The average Bonchev–Trinajstić information content (AvgIpc) is 2.79. The third-order valence-electron chi connectivity index (χ3n) is 2.88. The molecular formula is C15H14ClN3O. The minimum Gasteiger partial charge on any atom is -0.490 e. The molecule has 20 heavy (non-hydrogen) atoms. The highest BCUT2D eigenvalue weighted by Crippen LogP contribution is 2.32. The second-order valence-corrected chi connectivity index (χ2v) is 5.07. The first-order valence-electron chi connectivity index (χ1n) is 6.42. The van der Waals surface area contributed by atoms with Gasteiger partial charge in [-0.05, 0) is 43.6 Å². The van der Waals surface area contributed by atoms with Gasteiger partial charge in [-0.2, -0.15) is 4.98 Å². The van der Waals surface area contributed by atoms with E-state index in [1.165, 1.54) is 0 Å². The second-order valence-electron chi connectivity index (χ2n) is 4.73. The minimum absolute atomic E-state index is 0.109. The second kappa shape index (κ2) is 5.13. The maximum atomic E-state index is 5.89. The van der Waals surface area contributed by atoms with Crippen LogP contribution in [-0.2, 0) is 0 Å². The van der Waals surface area contributed by atoms with Gasteiger partial charge in [-0.25, -0.2) is 4.52 Å². The highest BCUT2D eigenvalue weighted by molar-refractivity contribution is 6.28. The molecule has 0 unspecified atom stereocenters. The third-order valence-corrected chi connectivity index (χ3v) is 3.04. The van der Waals surface area contributed by atoms with Crippen LogP contribution in [0.2, 0.25) is 5.28 Å². The van der Waals surface area contributed by atoms with Gasteiger partial charge in [0.2, 0.25) is 5.28 Å². The number of hydrogen-bond acceptors (Lipinski definition) is 3. The Morgan fingerprint density at radius 2 is 1.85 bits per heavy atom. The van der Waals surface area contributed by atoms with E-state index in [0.29, 0.717) is 0 Å². The molecule has 0 amide bonds. The van der Waals surface area contributed by atoms with Gasteiger partial charge in [0.1, 0.15) is 5.75 Å². The molecular weight excluding hydrogens is 274 g/mol. The van der Waals surface area contributed by atoms with Gasteiger partial charge in [-0.3, -0.25) is 0 Å². The normalized spacial score (nSPS) is 11.2. The van der Waals surface area contributed by atoms with Crippen molar-refractivity contribution in [1.29, 1.82) is 0 Å². The van der Waals surface area contributed by atoms with Crippen molar-refractivity contribution in [2.45, 2.75) is 20.0 Å². The van der Waals surface area contributed by atoms with Crippen molar-refractivity contribution in [3.05, 3.63) is 47.9 Å². The summed E-state index contributed by atoms with van der Waals surface area (Å²) in [6, 6.07) is 11.8. The number of nitrogens with zero attached hydrogens (tertiary/aromatic N) is 3. The van der Waals surface area contributed by atoms with Gasteiger partial charge in [0.15, 0.2) is 5.65 Å². The van der Waals surface area contributed by atoms with Gasteiger partial charge in [0, 0.05) is 17.3 Å². The lowest BCUT2D eigenvalue weighted by molar-refractivity contribution is 0.243. The van der Waals surface area contributed by atoms with E-state index >= 15 is 0 Å². The summed E-state index contributed by atoms with van der Waals surface area (Å²) >= 11 is 5.89. The standard InChI is InChI=1S/C15H14ClN3O/c1-10(2)20-13-8-4-3-6-11(13)12-7-5-9-19-14(12)17-15(16)18-19/h3-10H,1-2H3. The molecule has 5 heteroatoms. The molecule has 0 fully saturated rings. The van der Waals surface area contributed by atoms with Gasteiger partial charge >= 0.3 is 0 Å². The zero-order chi connectivity index (χ0) is 14.1. The van der Waals surface area contributed by atoms with E-state index in [1.807, 2.05) is 56.4 Å². The number of fused-ring (bicyclic) bond motifs is 1. The van der Waals surface area contributed by atoms with E-state index in [0.717, 1.165) is 22.5 Å². The summed E-state index contributed by atoms with van der Waals surface area (Å²) in [5, 5.41) is 4.36. The number of para-hydroxylation sites is 1. The zero-order valence-electron chi connectivity index (χ0n) is 11.2. The molecule has 0 saturated carbocycles. The van der Waals surface area contributed by atoms with E-state index in [2.05, 4.69) is 10.1 Å². The van der Waals surface area contributed by atoms with Crippen LogP contribution in [0, 0.1) is 0 Å². The Bertz CT molecular complexity index is 752. The summed E-state index contributed by atoms with van der Waals surface area (Å²) in [6.07, 6.45) is 1.93. The van der Waals surface area contributed by atoms with Crippen LogP contribution >= 0.6 is 11.6 Å². The number of rotatable bonds is 3. The van der Waals surface area contributed by atoms with Crippen LogP contribution in [0.5, 0.6) is 5.75 Å². The summed E-state index contributed by atoms with van der Waals surface area (Å²) in [7, 11) is 0. The number of halogens is 1. The largest absolute Gasteiger partial charge is 0.490 e. The fourth-order valence-electron chi connectivity index (χ4n) is 2.14. The molecule has 0 aliphatic rings. The molecule has 0 N–H and O–H groups in total. The molecule has 0 aliphatic heterocycles. The van der Waals surface area contributed by atoms with Gasteiger partial charge in [-0.15, -0.1) is 5.10 Å². The van der Waals surface area contributed by atoms with Crippen molar-refractivity contribution in [3.63, 3.8) is 0 Å². The molecule has 1 aromatic carbocycles. The number of benzene rings is 1. The Morgan fingerprint density at radius 3 is 2.65 bits per heavy atom. The van der Waals surface area contributed by atoms with Crippen LogP contribution < -0.4 is 4.74 Å². The molecule has 4 nitrogen and oxygen atoms in total. The first-order valence-corrected chi connectivity index (χ1v) is 6.80. The number of aromatic nitrogens is 3. The maximum absolute atomic E-state index is 5.89. The molecule has 3 aromatic rings. The lowest BCUT2D eigenvalue weighted by atomic mass is 10.1. The van der Waals surface area contributed by atoms with Crippen molar-refractivity contribution in [1.82, 2.24) is 14.6 Å². The Morgan fingerprint density at radius 1 is 1.10 bits per heavy atom. The van der Waals surface area contributed by atoms with E-state index in [-0.39, 0.29) is 11.4 Å². The van der Waals surface area contributed by atoms with Crippen molar-refractivity contribution in [3.8, 4) is 16.9 Å². The SMILES string of the molecule is CC(C)Oc1ccccc1-c1cccn2nc(Cl)nc12. The highest BCUT2D eigenvalue weighted by atomic mass is 35.5. The topological polar surface area (TPSA) is 39.4 Å². The summed E-state index contributed by atoms with van der Waals surface area (Å²) in [6.45, 7) is 4.01. The molecule has 0 bridgehead atoms. The molecule has 0 saturated heterocycles. The fourth-order valence-corrected chi connectivity index (χ4v) is 2.30. The van der Waals surface area contributed by atoms with Crippen LogP contribution in [-0.4, -0.2) is 20.7 Å². The summed E-state index contributed by atoms with van der Waals surface area (Å²) in [5.41, 5.74) is 2.65. The quantitative estimate of drug-likeness (QED) is 0.735. The first-order chi connectivity index (χ1) is 9.65. The lowest BCUT2D eigenvalue weighted by Crippen LogP contribution is -2.06. The van der Waals surface area contributed by atoms with Crippen LogP contribution in [0.3, 0.4) is 0 Å². The van der Waals surface area contributed by atoms with E-state index in [9.17, 15) is 0 Å². The Hall–Kier alpha value is -2.07. The van der Waals surface area contributed by atoms with Gasteiger partial charge in [0.25, 0.3) is 0 Å². The zero-order valence-corrected chi connectivity index (χ0v) is 12.0. The number of ether oxygens (including phenoxy) is 1. The molecule has 0 atom stereocenters. The predicted octanol–water partition coefficient (Wildman–Crippen LogP) is 3.84. The summed E-state index contributed by atoms with van der Waals surface area (Å²) < 4.78 is 7.54. The Kier molecular flexibility index (Phi) is 3.32. The van der Waals surface area contributed by atoms with E-state index in [1.54, 1.807) is 4.52 Å². The van der Waals surface area contributed by atoms with Crippen LogP contribution in [0.4, 0.5) is 0 Å². The van der Waals surface area contributed by atoms with Gasteiger partial charge in [-0.1, -0.05) is 18.2 Å².